The Balaban J connectivity index is 1.93. The summed E-state index contributed by atoms with van der Waals surface area (Å²) in [6.45, 7) is 3.95. The molecule has 2 aromatic rings. The van der Waals surface area contributed by atoms with Crippen LogP contribution in [0.15, 0.2) is 60.4 Å². The molecule has 0 aliphatic rings. The maximum atomic E-state index is 12.4. The van der Waals surface area contributed by atoms with Gasteiger partial charge in [0.2, 0.25) is 0 Å². The average Bonchev–Trinajstić information content (AvgIpc) is 2.71. The van der Waals surface area contributed by atoms with E-state index in [4.69, 9.17) is 14.2 Å². The third kappa shape index (κ3) is 9.38. The molecule has 2 aromatic carbocycles. The van der Waals surface area contributed by atoms with Gasteiger partial charge in [-0.05, 0) is 48.2 Å². The third-order valence-corrected chi connectivity index (χ3v) is 4.29. The molecule has 0 aliphatic carbocycles. The van der Waals surface area contributed by atoms with Crippen LogP contribution in [0.2, 0.25) is 0 Å². The van der Waals surface area contributed by atoms with Crippen molar-refractivity contribution < 1.29 is 33.4 Å². The van der Waals surface area contributed by atoms with Crippen molar-refractivity contribution in [3.63, 3.8) is 0 Å². The number of allylic oxidation sites excluding steroid dienone is 2. The highest BCUT2D eigenvalue weighted by atomic mass is 16.5. The summed E-state index contributed by atoms with van der Waals surface area (Å²) in [5.74, 6) is -0.228. The van der Waals surface area contributed by atoms with Gasteiger partial charge in [-0.15, -0.1) is 0 Å². The number of benzene rings is 2. The number of rotatable bonds is 10. The molecule has 7 nitrogen and oxygen atoms in total. The molecule has 0 atom stereocenters. The lowest BCUT2D eigenvalue weighted by molar-refractivity contribution is -0.137. The standard InChI is InChI=1S/C25H26O7/c1-17(26)30-23-11-5-20(6-12-23)4-10-22(29)16-25(32-19(3)28)15-9-21-7-13-24(14-8-21)31-18(2)27/h5-8,11-14,16H,4,9-10,15H2,1-3H3/b25-16-. The zero-order valence-electron chi connectivity index (χ0n) is 18.4. The molecule has 0 saturated carbocycles. The zero-order valence-corrected chi connectivity index (χ0v) is 18.4. The largest absolute Gasteiger partial charge is 0.431 e. The summed E-state index contributed by atoms with van der Waals surface area (Å²) in [6.07, 6.45) is 3.02. The quantitative estimate of drug-likeness (QED) is 0.238. The highest BCUT2D eigenvalue weighted by molar-refractivity contribution is 5.90. The molecule has 0 fully saturated rings. The van der Waals surface area contributed by atoms with Gasteiger partial charge in [0, 0.05) is 39.7 Å². The van der Waals surface area contributed by atoms with Crippen LogP contribution in [-0.4, -0.2) is 23.7 Å². The van der Waals surface area contributed by atoms with Crippen molar-refractivity contribution in [1.29, 1.82) is 0 Å². The lowest BCUT2D eigenvalue weighted by Crippen LogP contribution is -2.05. The van der Waals surface area contributed by atoms with Gasteiger partial charge in [0.05, 0.1) is 0 Å². The minimum atomic E-state index is -0.490. The molecule has 0 heterocycles. The SMILES string of the molecule is CC(=O)O/C(=C\C(=O)CCc1ccc(OC(C)=O)cc1)CCc1ccc(OC(C)=O)cc1. The Kier molecular flexibility index (Phi) is 9.35. The smallest absolute Gasteiger partial charge is 0.308 e. The Labute approximate surface area is 187 Å². The van der Waals surface area contributed by atoms with Crippen LogP contribution in [0.1, 0.15) is 44.7 Å². The zero-order chi connectivity index (χ0) is 23.5. The van der Waals surface area contributed by atoms with Crippen LogP contribution in [0.25, 0.3) is 0 Å². The van der Waals surface area contributed by atoms with Gasteiger partial charge < -0.3 is 14.2 Å². The van der Waals surface area contributed by atoms with Crippen molar-refractivity contribution >= 4 is 23.7 Å². The topological polar surface area (TPSA) is 96.0 Å². The maximum Gasteiger partial charge on any atom is 0.308 e. The second-order valence-corrected chi connectivity index (χ2v) is 7.15. The Morgan fingerprint density at radius 1 is 0.656 bits per heavy atom. The van der Waals surface area contributed by atoms with Gasteiger partial charge in [0.25, 0.3) is 0 Å². The number of carbonyl (C=O) groups excluding carboxylic acids is 4. The van der Waals surface area contributed by atoms with E-state index in [1.807, 2.05) is 12.1 Å². The van der Waals surface area contributed by atoms with Crippen LogP contribution in [0.5, 0.6) is 11.5 Å². The summed E-state index contributed by atoms with van der Waals surface area (Å²) in [5, 5.41) is 0. The summed E-state index contributed by atoms with van der Waals surface area (Å²) in [6, 6.07) is 13.9. The molecule has 7 heteroatoms. The van der Waals surface area contributed by atoms with Crippen LogP contribution in [0.4, 0.5) is 0 Å². The highest BCUT2D eigenvalue weighted by Crippen LogP contribution is 2.17. The first-order chi connectivity index (χ1) is 15.2. The van der Waals surface area contributed by atoms with Crippen molar-refractivity contribution in [2.45, 2.75) is 46.5 Å². The molecular formula is C25H26O7. The molecule has 0 spiro atoms. The van der Waals surface area contributed by atoms with E-state index in [9.17, 15) is 19.2 Å². The number of hydrogen-bond acceptors (Lipinski definition) is 7. The van der Waals surface area contributed by atoms with Crippen LogP contribution < -0.4 is 9.47 Å². The lowest BCUT2D eigenvalue weighted by Gasteiger charge is -2.08. The van der Waals surface area contributed by atoms with Gasteiger partial charge in [-0.2, -0.15) is 0 Å². The fourth-order valence-corrected chi connectivity index (χ4v) is 2.90. The Hall–Kier alpha value is -3.74. The lowest BCUT2D eigenvalue weighted by atomic mass is 10.1. The fraction of sp³-hybridized carbons (Fsp3) is 0.280. The van der Waals surface area contributed by atoms with E-state index in [0.717, 1.165) is 11.1 Å². The Bertz CT molecular complexity index is 986. The number of hydrogen-bond donors (Lipinski definition) is 0. The van der Waals surface area contributed by atoms with E-state index >= 15 is 0 Å². The Morgan fingerprint density at radius 3 is 1.50 bits per heavy atom. The predicted molar refractivity (Wildman–Crippen MR) is 117 cm³/mol. The van der Waals surface area contributed by atoms with E-state index in [2.05, 4.69) is 0 Å². The fourth-order valence-electron chi connectivity index (χ4n) is 2.90. The van der Waals surface area contributed by atoms with E-state index < -0.39 is 17.9 Å². The molecule has 0 unspecified atom stereocenters. The first-order valence-electron chi connectivity index (χ1n) is 10.2. The second-order valence-electron chi connectivity index (χ2n) is 7.15. The van der Waals surface area contributed by atoms with Gasteiger partial charge in [0.15, 0.2) is 5.78 Å². The Morgan fingerprint density at radius 2 is 1.09 bits per heavy atom. The summed E-state index contributed by atoms with van der Waals surface area (Å²) in [5.41, 5.74) is 1.86. The molecule has 32 heavy (non-hydrogen) atoms. The minimum absolute atomic E-state index is 0.157. The van der Waals surface area contributed by atoms with E-state index in [1.165, 1.54) is 26.8 Å². The molecule has 0 N–H and O–H groups in total. The molecule has 0 saturated heterocycles. The van der Waals surface area contributed by atoms with Crippen molar-refractivity contribution in [3.05, 3.63) is 71.5 Å². The van der Waals surface area contributed by atoms with E-state index in [1.54, 1.807) is 36.4 Å². The monoisotopic (exact) mass is 438 g/mol. The summed E-state index contributed by atoms with van der Waals surface area (Å²) >= 11 is 0. The van der Waals surface area contributed by atoms with E-state index in [-0.39, 0.29) is 12.2 Å². The van der Waals surface area contributed by atoms with Gasteiger partial charge in [-0.25, -0.2) is 0 Å². The van der Waals surface area contributed by atoms with Crippen LogP contribution in [0, 0.1) is 0 Å². The number of esters is 3. The number of ether oxygens (including phenoxy) is 3. The van der Waals surface area contributed by atoms with Crippen molar-refractivity contribution in [2.24, 2.45) is 0 Å². The molecule has 0 bridgehead atoms. The molecule has 0 aliphatic heterocycles. The van der Waals surface area contributed by atoms with Gasteiger partial charge in [-0.3, -0.25) is 19.2 Å². The van der Waals surface area contributed by atoms with E-state index in [0.29, 0.717) is 36.5 Å². The molecule has 0 amide bonds. The minimum Gasteiger partial charge on any atom is -0.431 e. The van der Waals surface area contributed by atoms with Crippen molar-refractivity contribution in [3.8, 4) is 11.5 Å². The first-order valence-corrected chi connectivity index (χ1v) is 10.2. The average molecular weight is 438 g/mol. The van der Waals surface area contributed by atoms with Crippen LogP contribution in [-0.2, 0) is 36.8 Å². The van der Waals surface area contributed by atoms with Crippen molar-refractivity contribution in [1.82, 2.24) is 0 Å². The molecular weight excluding hydrogens is 412 g/mol. The second kappa shape index (κ2) is 12.2. The molecule has 2 rings (SSSR count). The first kappa shape index (κ1) is 24.5. The van der Waals surface area contributed by atoms with Gasteiger partial charge in [-0.1, -0.05) is 24.3 Å². The molecule has 168 valence electrons. The summed E-state index contributed by atoms with van der Waals surface area (Å²) in [4.78, 5) is 45.8. The molecule has 0 aromatic heterocycles. The normalized spacial score (nSPS) is 10.9. The third-order valence-electron chi connectivity index (χ3n) is 4.29. The van der Waals surface area contributed by atoms with Gasteiger partial charge in [0.1, 0.15) is 17.3 Å². The highest BCUT2D eigenvalue weighted by Gasteiger charge is 2.09. The van der Waals surface area contributed by atoms with Gasteiger partial charge >= 0.3 is 17.9 Å². The number of ketones is 1. The van der Waals surface area contributed by atoms with Crippen molar-refractivity contribution in [2.75, 3.05) is 0 Å². The summed E-state index contributed by atoms with van der Waals surface area (Å²) in [7, 11) is 0. The maximum absolute atomic E-state index is 12.4. The predicted octanol–water partition coefficient (Wildman–Crippen LogP) is 4.12. The summed E-state index contributed by atoms with van der Waals surface area (Å²) < 4.78 is 15.2. The number of aryl methyl sites for hydroxylation is 2. The number of carbonyl (C=O) groups is 4. The van der Waals surface area contributed by atoms with Crippen LogP contribution >= 0.6 is 0 Å². The molecule has 0 radical (unpaired) electrons. The van der Waals surface area contributed by atoms with Crippen LogP contribution in [0.3, 0.4) is 0 Å².